The van der Waals surface area contributed by atoms with Gasteiger partial charge in [-0.25, -0.2) is 9.37 Å². The summed E-state index contributed by atoms with van der Waals surface area (Å²) in [4.78, 5) is 18.2. The zero-order valence-corrected chi connectivity index (χ0v) is 19.7. The predicted molar refractivity (Wildman–Crippen MR) is 125 cm³/mol. The maximum atomic E-state index is 13.5. The molecule has 1 amide bonds. The van der Waals surface area contributed by atoms with Gasteiger partial charge in [0.25, 0.3) is 0 Å². The first kappa shape index (κ1) is 25.6. The number of nitrogens with one attached hydrogen (secondary N) is 1. The minimum absolute atomic E-state index is 0.0645. The fourth-order valence-electron chi connectivity index (χ4n) is 4.36. The zero-order valence-electron chi connectivity index (χ0n) is 19.7. The second-order valence-electron chi connectivity index (χ2n) is 9.02. The molecule has 2 atom stereocenters. The molecule has 11 heteroatoms. The van der Waals surface area contributed by atoms with Gasteiger partial charge in [0.15, 0.2) is 5.82 Å². The minimum atomic E-state index is -4.71. The van der Waals surface area contributed by atoms with Crippen molar-refractivity contribution in [3.8, 4) is 17.1 Å². The van der Waals surface area contributed by atoms with Gasteiger partial charge in [0.05, 0.1) is 0 Å². The molecule has 2 fully saturated rings. The van der Waals surface area contributed by atoms with Gasteiger partial charge >= 0.3 is 6.36 Å². The van der Waals surface area contributed by atoms with E-state index in [1.54, 1.807) is 29.2 Å². The van der Waals surface area contributed by atoms with Crippen LogP contribution >= 0.6 is 0 Å². The third-order valence-corrected chi connectivity index (χ3v) is 6.23. The maximum absolute atomic E-state index is 13.5. The predicted octanol–water partition coefficient (Wildman–Crippen LogP) is 4.56. The Kier molecular flexibility index (Phi) is 7.88. The van der Waals surface area contributed by atoms with E-state index in [2.05, 4.69) is 24.8 Å². The summed E-state index contributed by atoms with van der Waals surface area (Å²) >= 11 is 0. The number of aromatic nitrogens is 3. The molecule has 3 aromatic rings. The largest absolute Gasteiger partial charge is 0.573 e. The Balaban J connectivity index is 0.000000445. The molecule has 36 heavy (non-hydrogen) atoms. The number of ether oxygens (including phenoxy) is 1. The number of benzene rings is 2. The first-order valence-electron chi connectivity index (χ1n) is 11.6. The summed E-state index contributed by atoms with van der Waals surface area (Å²) in [5.41, 5.74) is 1.53. The number of piperidine rings is 1. The van der Waals surface area contributed by atoms with Crippen LogP contribution in [0.4, 0.5) is 17.6 Å². The van der Waals surface area contributed by atoms with Crippen LogP contribution in [0.15, 0.2) is 48.5 Å². The summed E-state index contributed by atoms with van der Waals surface area (Å²) in [6.07, 6.45) is -1.85. The number of aromatic amines is 1. The number of hydrogen-bond acceptors (Lipinski definition) is 5. The molecule has 0 bridgehead atoms. The standard InChI is InChI=1S/C21H20F4N4O.C4H7NO/c1-29-11-15(13-5-7-18(8-6-13)30-21(23,24)25)9-16(12-29)20-26-19(27-28-20)14-3-2-4-17(22)10-14;6-4-5-2-1-3-5/h2-8,10,15-16H,9,11-12H2,1H3,(H,26,27,28);4H,1-3H2. The number of likely N-dealkylation sites (tertiary alicyclic amines) is 2. The average molecular weight is 506 g/mol. The highest BCUT2D eigenvalue weighted by atomic mass is 19.4. The van der Waals surface area contributed by atoms with Crippen LogP contribution in [0.1, 0.15) is 36.1 Å². The molecule has 2 aromatic carbocycles. The fraction of sp³-hybridized carbons (Fsp3) is 0.400. The van der Waals surface area contributed by atoms with Gasteiger partial charge in [-0.15, -0.1) is 13.2 Å². The number of hydrogen-bond donors (Lipinski definition) is 1. The normalized spacial score (nSPS) is 20.2. The van der Waals surface area contributed by atoms with Crippen LogP contribution in [0.2, 0.25) is 0 Å². The van der Waals surface area contributed by atoms with Gasteiger partial charge in [0.1, 0.15) is 17.4 Å². The number of H-pyrrole nitrogens is 1. The fourth-order valence-corrected chi connectivity index (χ4v) is 4.36. The van der Waals surface area contributed by atoms with E-state index in [4.69, 9.17) is 0 Å². The highest BCUT2D eigenvalue weighted by Crippen LogP contribution is 2.35. The Labute approximate surface area is 206 Å². The lowest BCUT2D eigenvalue weighted by atomic mass is 9.84. The molecule has 0 aliphatic carbocycles. The van der Waals surface area contributed by atoms with Crippen molar-refractivity contribution in [1.29, 1.82) is 0 Å². The van der Waals surface area contributed by atoms with Crippen LogP contribution in [-0.4, -0.2) is 71.0 Å². The smallest absolute Gasteiger partial charge is 0.406 e. The van der Waals surface area contributed by atoms with E-state index in [-0.39, 0.29) is 23.4 Å². The third kappa shape index (κ3) is 6.81. The van der Waals surface area contributed by atoms with Crippen molar-refractivity contribution >= 4 is 6.41 Å². The van der Waals surface area contributed by atoms with Crippen molar-refractivity contribution in [2.45, 2.75) is 31.0 Å². The third-order valence-electron chi connectivity index (χ3n) is 6.23. The van der Waals surface area contributed by atoms with Crippen molar-refractivity contribution < 1.29 is 27.1 Å². The van der Waals surface area contributed by atoms with Crippen molar-refractivity contribution in [3.63, 3.8) is 0 Å². The molecule has 192 valence electrons. The summed E-state index contributed by atoms with van der Waals surface area (Å²) in [5.74, 6) is 0.744. The Hall–Kier alpha value is -3.47. The molecule has 2 saturated heterocycles. The first-order chi connectivity index (χ1) is 17.2. The lowest BCUT2D eigenvalue weighted by molar-refractivity contribution is -0.274. The van der Waals surface area contributed by atoms with E-state index in [1.165, 1.54) is 30.7 Å². The Bertz CT molecular complexity index is 1150. The summed E-state index contributed by atoms with van der Waals surface area (Å²) in [6.45, 7) is 3.50. The summed E-state index contributed by atoms with van der Waals surface area (Å²) in [5, 5.41) is 7.19. The van der Waals surface area contributed by atoms with Gasteiger partial charge in [-0.3, -0.25) is 9.89 Å². The molecule has 1 aromatic heterocycles. The van der Waals surface area contributed by atoms with Crippen LogP contribution < -0.4 is 4.74 Å². The highest BCUT2D eigenvalue weighted by Gasteiger charge is 2.32. The number of carbonyl (C=O) groups excluding carboxylic acids is 1. The van der Waals surface area contributed by atoms with Gasteiger partial charge in [0, 0.05) is 37.7 Å². The number of halogens is 4. The molecule has 2 aliphatic rings. The lowest BCUT2D eigenvalue weighted by Crippen LogP contribution is -2.36. The molecule has 0 radical (unpaired) electrons. The van der Waals surface area contributed by atoms with E-state index in [9.17, 15) is 22.4 Å². The minimum Gasteiger partial charge on any atom is -0.406 e. The summed E-state index contributed by atoms with van der Waals surface area (Å²) in [7, 11) is 1.99. The van der Waals surface area contributed by atoms with E-state index in [0.717, 1.165) is 44.6 Å². The zero-order chi connectivity index (χ0) is 25.7. The SMILES string of the molecule is CN1CC(c2ccc(OC(F)(F)F)cc2)CC(c2nc(-c3cccc(F)c3)n[nH]2)C1.O=CN1CCC1. The number of nitrogens with zero attached hydrogens (tertiary/aromatic N) is 4. The Morgan fingerprint density at radius 1 is 1.08 bits per heavy atom. The van der Waals surface area contributed by atoms with Crippen LogP contribution in [0.5, 0.6) is 5.75 Å². The molecular weight excluding hydrogens is 478 g/mol. The number of rotatable bonds is 5. The molecule has 1 N–H and O–H groups in total. The van der Waals surface area contributed by atoms with Gasteiger partial charge in [-0.2, -0.15) is 5.10 Å². The van der Waals surface area contributed by atoms with Crippen molar-refractivity contribution in [3.05, 3.63) is 65.7 Å². The van der Waals surface area contributed by atoms with Crippen molar-refractivity contribution in [2.75, 3.05) is 33.2 Å². The van der Waals surface area contributed by atoms with Crippen molar-refractivity contribution in [1.82, 2.24) is 25.0 Å². The number of likely N-dealkylation sites (N-methyl/N-ethyl adjacent to an activating group) is 1. The van der Waals surface area contributed by atoms with Gasteiger partial charge in [-0.1, -0.05) is 24.3 Å². The van der Waals surface area contributed by atoms with Crippen LogP contribution in [0.25, 0.3) is 11.4 Å². The van der Waals surface area contributed by atoms with Crippen molar-refractivity contribution in [2.24, 2.45) is 0 Å². The Morgan fingerprint density at radius 3 is 2.39 bits per heavy atom. The van der Waals surface area contributed by atoms with E-state index in [1.807, 2.05) is 7.05 Å². The van der Waals surface area contributed by atoms with Crippen LogP contribution in [0.3, 0.4) is 0 Å². The molecule has 2 unspecified atom stereocenters. The molecule has 0 spiro atoms. The quantitative estimate of drug-likeness (QED) is 0.407. The summed E-state index contributed by atoms with van der Waals surface area (Å²) < 4.78 is 54.5. The maximum Gasteiger partial charge on any atom is 0.573 e. The number of carbonyl (C=O) groups is 1. The second-order valence-corrected chi connectivity index (χ2v) is 9.02. The highest BCUT2D eigenvalue weighted by molar-refractivity contribution is 5.54. The van der Waals surface area contributed by atoms with E-state index < -0.39 is 6.36 Å². The van der Waals surface area contributed by atoms with Gasteiger partial charge < -0.3 is 14.5 Å². The monoisotopic (exact) mass is 505 g/mol. The van der Waals surface area contributed by atoms with E-state index in [0.29, 0.717) is 17.2 Å². The summed E-state index contributed by atoms with van der Waals surface area (Å²) in [6, 6.07) is 12.1. The van der Waals surface area contributed by atoms with Gasteiger partial charge in [0.2, 0.25) is 6.41 Å². The van der Waals surface area contributed by atoms with Crippen LogP contribution in [-0.2, 0) is 4.79 Å². The number of amides is 1. The second kappa shape index (κ2) is 11.1. The molecular formula is C25H27F4N5O2. The van der Waals surface area contributed by atoms with Crippen LogP contribution in [0, 0.1) is 5.82 Å². The molecule has 0 saturated carbocycles. The topological polar surface area (TPSA) is 74.3 Å². The lowest BCUT2D eigenvalue weighted by Gasteiger charge is -2.35. The number of alkyl halides is 3. The molecule has 3 heterocycles. The molecule has 5 rings (SSSR count). The molecule has 2 aliphatic heterocycles. The Morgan fingerprint density at radius 2 is 1.81 bits per heavy atom. The molecule has 7 nitrogen and oxygen atoms in total. The average Bonchev–Trinajstić information content (AvgIpc) is 3.28. The first-order valence-corrected chi connectivity index (χ1v) is 11.6. The van der Waals surface area contributed by atoms with Gasteiger partial charge in [-0.05, 0) is 55.6 Å². The van der Waals surface area contributed by atoms with E-state index >= 15 is 0 Å².